The third-order valence-corrected chi connectivity index (χ3v) is 4.63. The molecule has 5 nitrogen and oxygen atoms in total. The van der Waals surface area contributed by atoms with Crippen molar-refractivity contribution in [1.29, 1.82) is 0 Å². The van der Waals surface area contributed by atoms with Crippen molar-refractivity contribution in [1.82, 2.24) is 10.2 Å². The molecule has 1 rings (SSSR count). The van der Waals surface area contributed by atoms with Gasteiger partial charge in [0.05, 0.1) is 18.1 Å². The molecule has 1 heterocycles. The maximum atomic E-state index is 11.5. The van der Waals surface area contributed by atoms with Gasteiger partial charge < -0.3 is 15.3 Å². The molecule has 0 spiro atoms. The van der Waals surface area contributed by atoms with Crippen molar-refractivity contribution in [3.63, 3.8) is 0 Å². The SMILES string of the molecule is CC(C)NC(CO)CN1CCCS(=O)(=O)CC1. The first-order valence-electron chi connectivity index (χ1n) is 6.22. The Kier molecular flexibility index (Phi) is 5.85. The monoisotopic (exact) mass is 264 g/mol. The lowest BCUT2D eigenvalue weighted by Gasteiger charge is -2.26. The lowest BCUT2D eigenvalue weighted by Crippen LogP contribution is -2.46. The molecule has 17 heavy (non-hydrogen) atoms. The van der Waals surface area contributed by atoms with Crippen LogP contribution in [0, 0.1) is 0 Å². The molecule has 1 fully saturated rings. The minimum absolute atomic E-state index is 0.0239. The summed E-state index contributed by atoms with van der Waals surface area (Å²) >= 11 is 0. The van der Waals surface area contributed by atoms with E-state index in [-0.39, 0.29) is 18.4 Å². The number of hydrogen-bond donors (Lipinski definition) is 2. The summed E-state index contributed by atoms with van der Waals surface area (Å²) in [5.41, 5.74) is 0. The van der Waals surface area contributed by atoms with Crippen LogP contribution in [-0.2, 0) is 9.84 Å². The fraction of sp³-hybridized carbons (Fsp3) is 1.00. The van der Waals surface area contributed by atoms with Crippen LogP contribution in [0.25, 0.3) is 0 Å². The summed E-state index contributed by atoms with van der Waals surface area (Å²) < 4.78 is 22.9. The van der Waals surface area contributed by atoms with Crippen LogP contribution in [0.15, 0.2) is 0 Å². The lowest BCUT2D eigenvalue weighted by atomic mass is 10.2. The van der Waals surface area contributed by atoms with Crippen molar-refractivity contribution in [2.75, 3.05) is 37.7 Å². The Morgan fingerprint density at radius 3 is 2.59 bits per heavy atom. The van der Waals surface area contributed by atoms with Gasteiger partial charge in [0.2, 0.25) is 0 Å². The Labute approximate surface area is 104 Å². The molecule has 102 valence electrons. The molecule has 2 N–H and O–H groups in total. The highest BCUT2D eigenvalue weighted by Gasteiger charge is 2.21. The third kappa shape index (κ3) is 5.81. The van der Waals surface area contributed by atoms with Gasteiger partial charge in [0.25, 0.3) is 0 Å². The Balaban J connectivity index is 2.45. The summed E-state index contributed by atoms with van der Waals surface area (Å²) in [6, 6.07) is 0.346. The van der Waals surface area contributed by atoms with Gasteiger partial charge in [-0.05, 0) is 13.0 Å². The largest absolute Gasteiger partial charge is 0.395 e. The molecule has 0 aliphatic carbocycles. The molecule has 1 unspecified atom stereocenters. The van der Waals surface area contributed by atoms with Crippen LogP contribution >= 0.6 is 0 Å². The van der Waals surface area contributed by atoms with Crippen molar-refractivity contribution < 1.29 is 13.5 Å². The van der Waals surface area contributed by atoms with Crippen LogP contribution in [0.5, 0.6) is 0 Å². The molecule has 0 radical (unpaired) electrons. The van der Waals surface area contributed by atoms with E-state index in [0.717, 1.165) is 6.54 Å². The van der Waals surface area contributed by atoms with E-state index in [0.29, 0.717) is 31.3 Å². The van der Waals surface area contributed by atoms with Crippen LogP contribution in [0.2, 0.25) is 0 Å². The molecule has 0 aromatic carbocycles. The molecule has 0 aromatic heterocycles. The highest BCUT2D eigenvalue weighted by atomic mass is 32.2. The van der Waals surface area contributed by atoms with Gasteiger partial charge >= 0.3 is 0 Å². The summed E-state index contributed by atoms with van der Waals surface area (Å²) in [5, 5.41) is 12.5. The summed E-state index contributed by atoms with van der Waals surface area (Å²) in [4.78, 5) is 2.13. The van der Waals surface area contributed by atoms with E-state index >= 15 is 0 Å². The van der Waals surface area contributed by atoms with Crippen molar-refractivity contribution in [3.05, 3.63) is 0 Å². The maximum Gasteiger partial charge on any atom is 0.151 e. The van der Waals surface area contributed by atoms with E-state index in [4.69, 9.17) is 0 Å². The number of hydrogen-bond acceptors (Lipinski definition) is 5. The number of sulfone groups is 1. The fourth-order valence-electron chi connectivity index (χ4n) is 2.12. The van der Waals surface area contributed by atoms with Crippen LogP contribution in [-0.4, -0.2) is 68.3 Å². The van der Waals surface area contributed by atoms with Gasteiger partial charge in [-0.15, -0.1) is 0 Å². The standard InChI is InChI=1S/C11H24N2O3S/c1-10(2)12-11(9-14)8-13-4-3-6-17(15,16)7-5-13/h10-12,14H,3-9H2,1-2H3. The molecule has 0 amide bonds. The molecule has 1 aliphatic heterocycles. The van der Waals surface area contributed by atoms with Crippen LogP contribution < -0.4 is 5.32 Å². The smallest absolute Gasteiger partial charge is 0.151 e. The summed E-state index contributed by atoms with van der Waals surface area (Å²) in [6.07, 6.45) is 0.697. The first kappa shape index (κ1) is 14.9. The Morgan fingerprint density at radius 1 is 1.29 bits per heavy atom. The molecule has 6 heteroatoms. The molecule has 1 aliphatic rings. The first-order valence-corrected chi connectivity index (χ1v) is 8.05. The van der Waals surface area contributed by atoms with Crippen molar-refractivity contribution in [2.45, 2.75) is 32.4 Å². The van der Waals surface area contributed by atoms with Crippen molar-refractivity contribution >= 4 is 9.84 Å². The predicted molar refractivity (Wildman–Crippen MR) is 68.9 cm³/mol. The van der Waals surface area contributed by atoms with Gasteiger partial charge in [-0.2, -0.15) is 0 Å². The molecular weight excluding hydrogens is 240 g/mol. The number of nitrogens with zero attached hydrogens (tertiary/aromatic N) is 1. The van der Waals surface area contributed by atoms with Crippen molar-refractivity contribution in [3.8, 4) is 0 Å². The highest BCUT2D eigenvalue weighted by Crippen LogP contribution is 2.05. The topological polar surface area (TPSA) is 69.6 Å². The quantitative estimate of drug-likeness (QED) is 0.698. The third-order valence-electron chi connectivity index (χ3n) is 2.92. The zero-order valence-corrected chi connectivity index (χ0v) is 11.5. The molecule has 1 atom stereocenters. The molecule has 0 aromatic rings. The molecule has 1 saturated heterocycles. The average Bonchev–Trinajstić information content (AvgIpc) is 2.39. The van der Waals surface area contributed by atoms with Gasteiger partial charge in [0.15, 0.2) is 9.84 Å². The summed E-state index contributed by atoms with van der Waals surface area (Å²) in [5.74, 6) is 0.539. The average molecular weight is 264 g/mol. The maximum absolute atomic E-state index is 11.5. The van der Waals surface area contributed by atoms with Gasteiger partial charge in [-0.3, -0.25) is 0 Å². The summed E-state index contributed by atoms with van der Waals surface area (Å²) in [6.45, 7) is 6.25. The Morgan fingerprint density at radius 2 is 2.00 bits per heavy atom. The highest BCUT2D eigenvalue weighted by molar-refractivity contribution is 7.91. The second kappa shape index (κ2) is 6.68. The van der Waals surface area contributed by atoms with E-state index in [1.807, 2.05) is 13.8 Å². The summed E-state index contributed by atoms with van der Waals surface area (Å²) in [7, 11) is -2.84. The van der Waals surface area contributed by atoms with Gasteiger partial charge in [-0.25, -0.2) is 8.42 Å². The van der Waals surface area contributed by atoms with E-state index < -0.39 is 9.84 Å². The number of rotatable bonds is 5. The number of aliphatic hydroxyl groups is 1. The van der Waals surface area contributed by atoms with Crippen molar-refractivity contribution in [2.24, 2.45) is 0 Å². The van der Waals surface area contributed by atoms with Gasteiger partial charge in [0, 0.05) is 25.2 Å². The van der Waals surface area contributed by atoms with E-state index in [9.17, 15) is 13.5 Å². The minimum atomic E-state index is -2.84. The van der Waals surface area contributed by atoms with E-state index in [1.54, 1.807) is 0 Å². The fourth-order valence-corrected chi connectivity index (χ4v) is 3.43. The first-order chi connectivity index (χ1) is 7.93. The van der Waals surface area contributed by atoms with Crippen LogP contribution in [0.4, 0.5) is 0 Å². The Bertz CT molecular complexity index is 317. The van der Waals surface area contributed by atoms with E-state index in [2.05, 4.69) is 10.2 Å². The predicted octanol–water partition coefficient (Wildman–Crippen LogP) is -0.534. The zero-order chi connectivity index (χ0) is 12.9. The van der Waals surface area contributed by atoms with Crippen LogP contribution in [0.3, 0.4) is 0 Å². The molecular formula is C11H24N2O3S. The Hall–Kier alpha value is -0.170. The van der Waals surface area contributed by atoms with Gasteiger partial charge in [-0.1, -0.05) is 13.8 Å². The second-order valence-electron chi connectivity index (χ2n) is 5.01. The normalized spacial score (nSPS) is 23.5. The second-order valence-corrected chi connectivity index (χ2v) is 7.31. The van der Waals surface area contributed by atoms with E-state index in [1.165, 1.54) is 0 Å². The lowest BCUT2D eigenvalue weighted by molar-refractivity contribution is 0.181. The zero-order valence-electron chi connectivity index (χ0n) is 10.7. The minimum Gasteiger partial charge on any atom is -0.395 e. The number of aliphatic hydroxyl groups excluding tert-OH is 1. The number of nitrogens with one attached hydrogen (secondary N) is 1. The van der Waals surface area contributed by atoms with Crippen LogP contribution in [0.1, 0.15) is 20.3 Å². The molecule has 0 bridgehead atoms. The van der Waals surface area contributed by atoms with Gasteiger partial charge in [0.1, 0.15) is 0 Å². The molecule has 0 saturated carbocycles.